The third-order valence-electron chi connectivity index (χ3n) is 4.76. The Labute approximate surface area is 187 Å². The lowest BCUT2D eigenvalue weighted by molar-refractivity contribution is -0.384. The quantitative estimate of drug-likeness (QED) is 0.204. The van der Waals surface area contributed by atoms with Gasteiger partial charge in [-0.2, -0.15) is 0 Å². The van der Waals surface area contributed by atoms with Crippen LogP contribution in [0.2, 0.25) is 0 Å². The van der Waals surface area contributed by atoms with Gasteiger partial charge in [0, 0.05) is 44.9 Å². The Kier molecular flexibility index (Phi) is 8.50. The van der Waals surface area contributed by atoms with E-state index in [1.54, 1.807) is 26.3 Å². The summed E-state index contributed by atoms with van der Waals surface area (Å²) in [6.45, 7) is 2.24. The minimum Gasteiger partial charge on any atom is -0.495 e. The van der Waals surface area contributed by atoms with Gasteiger partial charge in [-0.3, -0.25) is 15.1 Å². The van der Waals surface area contributed by atoms with E-state index in [1.165, 1.54) is 6.07 Å². The SMILES string of the molecule is CN=C(NCc1cccc([N+](=O)[O-])c1)NC1CCN(c2ccccc2OC)C1.I. The van der Waals surface area contributed by atoms with Gasteiger partial charge in [0.15, 0.2) is 5.96 Å². The van der Waals surface area contributed by atoms with Crippen molar-refractivity contribution in [3.63, 3.8) is 0 Å². The van der Waals surface area contributed by atoms with Gasteiger partial charge in [-0.15, -0.1) is 24.0 Å². The number of guanidine groups is 1. The number of nitrogens with one attached hydrogen (secondary N) is 2. The van der Waals surface area contributed by atoms with E-state index in [4.69, 9.17) is 4.74 Å². The number of halogens is 1. The Balaban J connectivity index is 0.00000300. The van der Waals surface area contributed by atoms with E-state index in [-0.39, 0.29) is 40.6 Å². The number of nitrogens with zero attached hydrogens (tertiary/aromatic N) is 3. The number of methoxy groups -OCH3 is 1. The first-order chi connectivity index (χ1) is 13.6. The number of ether oxygens (including phenoxy) is 1. The highest BCUT2D eigenvalue weighted by Crippen LogP contribution is 2.30. The number of aliphatic imine (C=N–C) groups is 1. The molecule has 2 N–H and O–H groups in total. The van der Waals surface area contributed by atoms with E-state index in [0.29, 0.717) is 12.5 Å². The lowest BCUT2D eigenvalue weighted by Gasteiger charge is -2.22. The van der Waals surface area contributed by atoms with Crippen LogP contribution in [-0.2, 0) is 6.54 Å². The molecule has 1 saturated heterocycles. The maximum Gasteiger partial charge on any atom is 0.269 e. The van der Waals surface area contributed by atoms with Crippen molar-refractivity contribution in [1.29, 1.82) is 0 Å². The van der Waals surface area contributed by atoms with E-state index in [0.717, 1.165) is 36.5 Å². The van der Waals surface area contributed by atoms with Crippen LogP contribution >= 0.6 is 24.0 Å². The van der Waals surface area contributed by atoms with E-state index in [2.05, 4.69) is 26.6 Å². The number of hydrogen-bond donors (Lipinski definition) is 2. The second kappa shape index (κ2) is 10.8. The summed E-state index contributed by atoms with van der Waals surface area (Å²) in [4.78, 5) is 17.1. The second-order valence-electron chi connectivity index (χ2n) is 6.60. The van der Waals surface area contributed by atoms with Crippen molar-refractivity contribution < 1.29 is 9.66 Å². The topological polar surface area (TPSA) is 92.0 Å². The third kappa shape index (κ3) is 5.96. The molecule has 0 spiro atoms. The summed E-state index contributed by atoms with van der Waals surface area (Å²) in [6.07, 6.45) is 0.982. The molecule has 1 atom stereocenters. The van der Waals surface area contributed by atoms with Gasteiger partial charge in [0.1, 0.15) is 5.75 Å². The molecule has 1 unspecified atom stereocenters. The van der Waals surface area contributed by atoms with Gasteiger partial charge >= 0.3 is 0 Å². The zero-order valence-corrected chi connectivity index (χ0v) is 18.8. The highest BCUT2D eigenvalue weighted by molar-refractivity contribution is 14.0. The van der Waals surface area contributed by atoms with Crippen LogP contribution in [0.15, 0.2) is 53.5 Å². The number of nitro groups is 1. The minimum atomic E-state index is -0.387. The molecule has 1 fully saturated rings. The zero-order valence-electron chi connectivity index (χ0n) is 16.5. The van der Waals surface area contributed by atoms with Crippen LogP contribution in [0.1, 0.15) is 12.0 Å². The number of hydrogen-bond acceptors (Lipinski definition) is 5. The predicted octanol–water partition coefficient (Wildman–Crippen LogP) is 3.17. The van der Waals surface area contributed by atoms with Gasteiger partial charge < -0.3 is 20.3 Å². The lowest BCUT2D eigenvalue weighted by atomic mass is 10.2. The van der Waals surface area contributed by atoms with Crippen molar-refractivity contribution in [3.05, 3.63) is 64.2 Å². The molecule has 0 amide bonds. The highest BCUT2D eigenvalue weighted by Gasteiger charge is 2.25. The number of nitro benzene ring substituents is 1. The Morgan fingerprint density at radius 1 is 1.31 bits per heavy atom. The first kappa shape index (κ1) is 22.7. The van der Waals surface area contributed by atoms with E-state index in [1.807, 2.05) is 24.3 Å². The zero-order chi connectivity index (χ0) is 19.9. The molecule has 9 heteroatoms. The summed E-state index contributed by atoms with van der Waals surface area (Å²) in [6, 6.07) is 14.9. The Bertz CT molecular complexity index is 862. The molecule has 0 aromatic heterocycles. The lowest BCUT2D eigenvalue weighted by Crippen LogP contribution is -2.44. The smallest absolute Gasteiger partial charge is 0.269 e. The van der Waals surface area contributed by atoms with Gasteiger partial charge in [-0.25, -0.2) is 0 Å². The minimum absolute atomic E-state index is 0. The number of non-ortho nitro benzene ring substituents is 1. The summed E-state index contributed by atoms with van der Waals surface area (Å²) in [5, 5.41) is 17.6. The predicted molar refractivity (Wildman–Crippen MR) is 125 cm³/mol. The molecule has 1 heterocycles. The summed E-state index contributed by atoms with van der Waals surface area (Å²) in [5.74, 6) is 1.55. The molecule has 2 aromatic rings. The fraction of sp³-hybridized carbons (Fsp3) is 0.350. The molecule has 2 aromatic carbocycles. The van der Waals surface area contributed by atoms with Gasteiger partial charge in [0.25, 0.3) is 5.69 Å². The number of anilines is 1. The van der Waals surface area contributed by atoms with Crippen molar-refractivity contribution in [1.82, 2.24) is 10.6 Å². The van der Waals surface area contributed by atoms with Crippen LogP contribution in [0.3, 0.4) is 0 Å². The Hall–Kier alpha value is -2.56. The van der Waals surface area contributed by atoms with E-state index >= 15 is 0 Å². The molecule has 0 aliphatic carbocycles. The number of rotatable bonds is 6. The van der Waals surface area contributed by atoms with Crippen molar-refractivity contribution >= 4 is 41.3 Å². The summed E-state index contributed by atoms with van der Waals surface area (Å²) in [7, 11) is 3.40. The first-order valence-corrected chi connectivity index (χ1v) is 9.19. The molecule has 1 aliphatic heterocycles. The van der Waals surface area contributed by atoms with Crippen molar-refractivity contribution in [2.45, 2.75) is 19.0 Å². The van der Waals surface area contributed by atoms with Crippen molar-refractivity contribution in [2.75, 3.05) is 32.1 Å². The Morgan fingerprint density at radius 2 is 2.10 bits per heavy atom. The van der Waals surface area contributed by atoms with Crippen LogP contribution in [0.25, 0.3) is 0 Å². The number of benzene rings is 2. The van der Waals surface area contributed by atoms with E-state index in [9.17, 15) is 10.1 Å². The average molecular weight is 511 g/mol. The normalized spacial score (nSPS) is 16.1. The second-order valence-corrected chi connectivity index (χ2v) is 6.60. The van der Waals surface area contributed by atoms with Gasteiger partial charge in [-0.1, -0.05) is 24.3 Å². The van der Waals surface area contributed by atoms with Gasteiger partial charge in [0.05, 0.1) is 17.7 Å². The van der Waals surface area contributed by atoms with Gasteiger partial charge in [0.2, 0.25) is 0 Å². The third-order valence-corrected chi connectivity index (χ3v) is 4.76. The summed E-state index contributed by atoms with van der Waals surface area (Å²) >= 11 is 0. The van der Waals surface area contributed by atoms with Crippen LogP contribution in [0, 0.1) is 10.1 Å². The maximum atomic E-state index is 10.9. The molecule has 0 saturated carbocycles. The standard InChI is InChI=1S/C20H25N5O3.HI/c1-21-20(22-13-15-6-5-7-17(12-15)25(26)27)23-16-10-11-24(14-16)18-8-3-4-9-19(18)28-2;/h3-9,12,16H,10-11,13-14H2,1-2H3,(H2,21,22,23);1H. The molecule has 0 radical (unpaired) electrons. The molecule has 29 heavy (non-hydrogen) atoms. The van der Waals surface area contributed by atoms with Gasteiger partial charge in [-0.05, 0) is 24.1 Å². The monoisotopic (exact) mass is 511 g/mol. The average Bonchev–Trinajstić information content (AvgIpc) is 3.19. The van der Waals surface area contributed by atoms with Crippen LogP contribution in [-0.4, -0.2) is 44.2 Å². The molecular formula is C20H26IN5O3. The largest absolute Gasteiger partial charge is 0.495 e. The molecular weight excluding hydrogens is 485 g/mol. The molecule has 1 aliphatic rings. The molecule has 0 bridgehead atoms. The number of para-hydroxylation sites is 2. The fourth-order valence-corrected chi connectivity index (χ4v) is 3.34. The van der Waals surface area contributed by atoms with E-state index < -0.39 is 0 Å². The molecule has 156 valence electrons. The fourth-order valence-electron chi connectivity index (χ4n) is 3.34. The van der Waals surface area contributed by atoms with Crippen LogP contribution in [0.5, 0.6) is 5.75 Å². The van der Waals surface area contributed by atoms with Crippen LogP contribution in [0.4, 0.5) is 11.4 Å². The molecule has 8 nitrogen and oxygen atoms in total. The Morgan fingerprint density at radius 3 is 2.83 bits per heavy atom. The van der Waals surface area contributed by atoms with Crippen LogP contribution < -0.4 is 20.3 Å². The molecule has 3 rings (SSSR count). The van der Waals surface area contributed by atoms with Crippen molar-refractivity contribution in [3.8, 4) is 5.75 Å². The van der Waals surface area contributed by atoms with Crippen molar-refractivity contribution in [2.24, 2.45) is 4.99 Å². The first-order valence-electron chi connectivity index (χ1n) is 9.19. The highest BCUT2D eigenvalue weighted by atomic mass is 127. The summed E-state index contributed by atoms with van der Waals surface area (Å²) < 4.78 is 5.46. The summed E-state index contributed by atoms with van der Waals surface area (Å²) in [5.41, 5.74) is 2.01. The maximum absolute atomic E-state index is 10.9.